The average molecular weight is 276 g/mol. The van der Waals surface area contributed by atoms with Crippen molar-refractivity contribution >= 4 is 15.9 Å². The van der Waals surface area contributed by atoms with Gasteiger partial charge in [-0.05, 0) is 60.4 Å². The first-order chi connectivity index (χ1) is 7.04. The molecule has 0 saturated carbocycles. The van der Waals surface area contributed by atoms with Gasteiger partial charge in [0.15, 0.2) is 0 Å². The third kappa shape index (κ3) is 3.47. The molecular weight excluding hydrogens is 261 g/mol. The number of hydrogen-bond donors (Lipinski definition) is 1. The quantitative estimate of drug-likeness (QED) is 0.917. The third-order valence-corrected chi connectivity index (χ3v) is 2.44. The van der Waals surface area contributed by atoms with Gasteiger partial charge in [-0.15, -0.1) is 0 Å². The predicted molar refractivity (Wildman–Crippen MR) is 62.6 cm³/mol. The molecule has 15 heavy (non-hydrogen) atoms. The lowest BCUT2D eigenvalue weighted by Gasteiger charge is -2.15. The van der Waals surface area contributed by atoms with Crippen LogP contribution in [-0.2, 0) is 6.42 Å². The van der Waals surface area contributed by atoms with E-state index in [2.05, 4.69) is 15.9 Å². The summed E-state index contributed by atoms with van der Waals surface area (Å²) in [6, 6.07) is 2.87. The Hall–Kier alpha value is -0.610. The van der Waals surface area contributed by atoms with Crippen LogP contribution in [0.3, 0.4) is 0 Å². The summed E-state index contributed by atoms with van der Waals surface area (Å²) in [4.78, 5) is 0. The number of halogens is 2. The van der Waals surface area contributed by atoms with Crippen LogP contribution >= 0.6 is 15.9 Å². The van der Waals surface area contributed by atoms with Gasteiger partial charge in [-0.25, -0.2) is 4.39 Å². The van der Waals surface area contributed by atoms with Gasteiger partial charge in [0.25, 0.3) is 0 Å². The molecule has 0 spiro atoms. The van der Waals surface area contributed by atoms with Crippen LogP contribution in [0.5, 0.6) is 5.75 Å². The summed E-state index contributed by atoms with van der Waals surface area (Å²) in [5.41, 5.74) is 6.27. The molecule has 1 aromatic rings. The highest BCUT2D eigenvalue weighted by molar-refractivity contribution is 9.10. The molecule has 0 aliphatic rings. The lowest BCUT2D eigenvalue weighted by Crippen LogP contribution is -2.11. The standard InChI is InChI=1S/C11H15BrFNO/c1-7(2)15-11-8(3-4-14)5-9(13)6-10(11)12/h5-7H,3-4,14H2,1-2H3. The number of ether oxygens (including phenoxy) is 1. The smallest absolute Gasteiger partial charge is 0.137 e. The monoisotopic (exact) mass is 275 g/mol. The van der Waals surface area contributed by atoms with Crippen molar-refractivity contribution in [2.45, 2.75) is 26.4 Å². The second kappa shape index (κ2) is 5.47. The molecule has 84 valence electrons. The van der Waals surface area contributed by atoms with E-state index in [1.54, 1.807) is 0 Å². The Bertz CT molecular complexity index is 342. The van der Waals surface area contributed by atoms with E-state index in [0.29, 0.717) is 23.2 Å². The first kappa shape index (κ1) is 12.5. The summed E-state index contributed by atoms with van der Waals surface area (Å²) in [5, 5.41) is 0. The van der Waals surface area contributed by atoms with Gasteiger partial charge in [0.05, 0.1) is 10.6 Å². The summed E-state index contributed by atoms with van der Waals surface area (Å²) in [6.45, 7) is 4.34. The molecule has 0 bridgehead atoms. The van der Waals surface area contributed by atoms with Crippen LogP contribution in [0.15, 0.2) is 16.6 Å². The Morgan fingerprint density at radius 1 is 1.47 bits per heavy atom. The van der Waals surface area contributed by atoms with E-state index < -0.39 is 0 Å². The van der Waals surface area contributed by atoms with Crippen LogP contribution in [0, 0.1) is 5.82 Å². The van der Waals surface area contributed by atoms with Crippen LogP contribution in [0.4, 0.5) is 4.39 Å². The predicted octanol–water partition coefficient (Wildman–Crippen LogP) is 2.88. The first-order valence-electron chi connectivity index (χ1n) is 4.89. The van der Waals surface area contributed by atoms with E-state index in [1.165, 1.54) is 12.1 Å². The Kier molecular flexibility index (Phi) is 4.54. The van der Waals surface area contributed by atoms with Gasteiger partial charge in [0.2, 0.25) is 0 Å². The molecule has 0 unspecified atom stereocenters. The molecule has 4 heteroatoms. The lowest BCUT2D eigenvalue weighted by atomic mass is 10.1. The van der Waals surface area contributed by atoms with E-state index in [1.807, 2.05) is 13.8 Å². The lowest BCUT2D eigenvalue weighted by molar-refractivity contribution is 0.238. The van der Waals surface area contributed by atoms with Crippen LogP contribution in [0.1, 0.15) is 19.4 Å². The van der Waals surface area contributed by atoms with Crippen LogP contribution in [0.25, 0.3) is 0 Å². The van der Waals surface area contributed by atoms with Crippen LogP contribution < -0.4 is 10.5 Å². The molecule has 2 N–H and O–H groups in total. The molecule has 0 aliphatic heterocycles. The summed E-state index contributed by atoms with van der Waals surface area (Å²) in [7, 11) is 0. The second-order valence-electron chi connectivity index (χ2n) is 3.58. The topological polar surface area (TPSA) is 35.2 Å². The van der Waals surface area contributed by atoms with E-state index >= 15 is 0 Å². The SMILES string of the molecule is CC(C)Oc1c(Br)cc(F)cc1CCN. The Morgan fingerprint density at radius 3 is 2.67 bits per heavy atom. The molecule has 0 radical (unpaired) electrons. The Morgan fingerprint density at radius 2 is 2.13 bits per heavy atom. The zero-order chi connectivity index (χ0) is 11.4. The zero-order valence-electron chi connectivity index (χ0n) is 8.89. The van der Waals surface area contributed by atoms with Crippen molar-refractivity contribution < 1.29 is 9.13 Å². The fraction of sp³-hybridized carbons (Fsp3) is 0.455. The molecule has 0 fully saturated rings. The highest BCUT2D eigenvalue weighted by atomic mass is 79.9. The van der Waals surface area contributed by atoms with Crippen molar-refractivity contribution in [3.8, 4) is 5.75 Å². The number of hydrogen-bond acceptors (Lipinski definition) is 2. The van der Waals surface area contributed by atoms with Gasteiger partial charge in [-0.2, -0.15) is 0 Å². The molecule has 0 amide bonds. The molecule has 0 heterocycles. The maximum atomic E-state index is 13.1. The minimum absolute atomic E-state index is 0.0586. The molecule has 0 saturated heterocycles. The molecule has 2 nitrogen and oxygen atoms in total. The fourth-order valence-corrected chi connectivity index (χ4v) is 1.89. The summed E-state index contributed by atoms with van der Waals surface area (Å²) >= 11 is 3.29. The van der Waals surface area contributed by atoms with Gasteiger partial charge in [0, 0.05) is 0 Å². The number of nitrogens with two attached hydrogens (primary N) is 1. The maximum Gasteiger partial charge on any atom is 0.137 e. The van der Waals surface area contributed by atoms with E-state index in [0.717, 1.165) is 5.56 Å². The normalized spacial score (nSPS) is 10.8. The van der Waals surface area contributed by atoms with Gasteiger partial charge in [-0.3, -0.25) is 0 Å². The van der Waals surface area contributed by atoms with E-state index in [-0.39, 0.29) is 11.9 Å². The Labute approximate surface area is 97.7 Å². The van der Waals surface area contributed by atoms with Crippen molar-refractivity contribution in [3.05, 3.63) is 28.0 Å². The highest BCUT2D eigenvalue weighted by Gasteiger charge is 2.11. The van der Waals surface area contributed by atoms with Crippen LogP contribution in [0.2, 0.25) is 0 Å². The highest BCUT2D eigenvalue weighted by Crippen LogP contribution is 2.31. The number of benzene rings is 1. The first-order valence-corrected chi connectivity index (χ1v) is 5.68. The molecule has 1 rings (SSSR count). The van der Waals surface area contributed by atoms with E-state index in [9.17, 15) is 4.39 Å². The summed E-state index contributed by atoms with van der Waals surface area (Å²) < 4.78 is 19.4. The second-order valence-corrected chi connectivity index (χ2v) is 4.44. The summed E-state index contributed by atoms with van der Waals surface area (Å²) in [6.07, 6.45) is 0.668. The van der Waals surface area contributed by atoms with Gasteiger partial charge >= 0.3 is 0 Å². The number of rotatable bonds is 4. The Balaban J connectivity index is 3.08. The van der Waals surface area contributed by atoms with Gasteiger partial charge in [-0.1, -0.05) is 0 Å². The summed E-state index contributed by atoms with van der Waals surface area (Å²) in [5.74, 6) is 0.415. The zero-order valence-corrected chi connectivity index (χ0v) is 10.5. The van der Waals surface area contributed by atoms with Crippen molar-refractivity contribution in [1.29, 1.82) is 0 Å². The fourth-order valence-electron chi connectivity index (χ4n) is 1.32. The van der Waals surface area contributed by atoms with Crippen molar-refractivity contribution in [2.75, 3.05) is 6.54 Å². The van der Waals surface area contributed by atoms with Gasteiger partial charge < -0.3 is 10.5 Å². The minimum Gasteiger partial charge on any atom is -0.490 e. The molecule has 0 aliphatic carbocycles. The minimum atomic E-state index is -0.276. The molecule has 1 aromatic carbocycles. The molecular formula is C11H15BrFNO. The van der Waals surface area contributed by atoms with Gasteiger partial charge in [0.1, 0.15) is 11.6 Å². The molecule has 0 atom stereocenters. The maximum absolute atomic E-state index is 13.1. The van der Waals surface area contributed by atoms with Crippen LogP contribution in [-0.4, -0.2) is 12.6 Å². The van der Waals surface area contributed by atoms with Crippen molar-refractivity contribution in [3.63, 3.8) is 0 Å². The van der Waals surface area contributed by atoms with Crippen molar-refractivity contribution in [1.82, 2.24) is 0 Å². The van der Waals surface area contributed by atoms with Crippen molar-refractivity contribution in [2.24, 2.45) is 5.73 Å². The van der Waals surface area contributed by atoms with E-state index in [4.69, 9.17) is 10.5 Å². The molecule has 0 aromatic heterocycles. The third-order valence-electron chi connectivity index (χ3n) is 1.85. The average Bonchev–Trinajstić information content (AvgIpc) is 2.11. The largest absolute Gasteiger partial charge is 0.490 e.